The van der Waals surface area contributed by atoms with Gasteiger partial charge in [-0.2, -0.15) is 0 Å². The van der Waals surface area contributed by atoms with E-state index in [1.54, 1.807) is 12.1 Å². The maximum Gasteiger partial charge on any atom is 0.277 e. The maximum absolute atomic E-state index is 11.1. The molecule has 0 spiro atoms. The van der Waals surface area contributed by atoms with Crippen molar-refractivity contribution in [2.24, 2.45) is 0 Å². The summed E-state index contributed by atoms with van der Waals surface area (Å²) in [7, 11) is 0. The molecule has 2 rings (SSSR count). The lowest BCUT2D eigenvalue weighted by molar-refractivity contribution is -0.385. The van der Waals surface area contributed by atoms with Crippen LogP contribution in [0.2, 0.25) is 0 Å². The van der Waals surface area contributed by atoms with Crippen LogP contribution in [0.5, 0.6) is 5.75 Å². The predicted octanol–water partition coefficient (Wildman–Crippen LogP) is 5.14. The standard InChI is InChI=1S/C15H13Br2NO3/c1-10-2-5-15(12(6-10)8-16)21-9-11-3-4-13(17)7-14(11)18(19)20/h2-7H,8-9H2,1H3. The van der Waals surface area contributed by atoms with E-state index in [0.29, 0.717) is 15.4 Å². The zero-order valence-corrected chi connectivity index (χ0v) is 14.5. The third-order valence-electron chi connectivity index (χ3n) is 2.99. The molecule has 0 aliphatic heterocycles. The number of ether oxygens (including phenoxy) is 1. The summed E-state index contributed by atoms with van der Waals surface area (Å²) in [6.07, 6.45) is 0. The topological polar surface area (TPSA) is 52.4 Å². The van der Waals surface area contributed by atoms with E-state index < -0.39 is 4.92 Å². The first-order valence-electron chi connectivity index (χ1n) is 6.22. The van der Waals surface area contributed by atoms with Gasteiger partial charge in [0.05, 0.1) is 10.5 Å². The summed E-state index contributed by atoms with van der Waals surface area (Å²) < 4.78 is 6.43. The summed E-state index contributed by atoms with van der Waals surface area (Å²) in [6.45, 7) is 2.17. The van der Waals surface area contributed by atoms with Crippen LogP contribution in [0, 0.1) is 17.0 Å². The zero-order valence-electron chi connectivity index (χ0n) is 11.3. The molecule has 0 amide bonds. The monoisotopic (exact) mass is 413 g/mol. The number of halogens is 2. The van der Waals surface area contributed by atoms with Gasteiger partial charge in [-0.15, -0.1) is 0 Å². The smallest absolute Gasteiger partial charge is 0.277 e. The Morgan fingerprint density at radius 1 is 1.19 bits per heavy atom. The molecule has 2 aromatic carbocycles. The van der Waals surface area contributed by atoms with Gasteiger partial charge in [0.25, 0.3) is 5.69 Å². The van der Waals surface area contributed by atoms with Crippen molar-refractivity contribution >= 4 is 37.5 Å². The number of rotatable bonds is 5. The highest BCUT2D eigenvalue weighted by atomic mass is 79.9. The second-order valence-corrected chi connectivity index (χ2v) is 6.04. The molecule has 0 saturated heterocycles. The first-order chi connectivity index (χ1) is 10.0. The molecule has 21 heavy (non-hydrogen) atoms. The van der Waals surface area contributed by atoms with E-state index in [4.69, 9.17) is 4.74 Å². The lowest BCUT2D eigenvalue weighted by atomic mass is 10.1. The number of nitro benzene ring substituents is 1. The summed E-state index contributed by atoms with van der Waals surface area (Å²) in [4.78, 5) is 10.7. The number of hydrogen-bond acceptors (Lipinski definition) is 3. The molecular weight excluding hydrogens is 402 g/mol. The van der Waals surface area contributed by atoms with Gasteiger partial charge in [0.2, 0.25) is 0 Å². The van der Waals surface area contributed by atoms with Crippen LogP contribution in [-0.2, 0) is 11.9 Å². The summed E-state index contributed by atoms with van der Waals surface area (Å²) >= 11 is 6.66. The number of aryl methyl sites for hydroxylation is 1. The number of nitrogens with zero attached hydrogens (tertiary/aromatic N) is 1. The highest BCUT2D eigenvalue weighted by Gasteiger charge is 2.15. The van der Waals surface area contributed by atoms with Crippen molar-refractivity contribution in [3.05, 3.63) is 67.7 Å². The Hall–Kier alpha value is -1.40. The van der Waals surface area contributed by atoms with E-state index in [2.05, 4.69) is 31.9 Å². The van der Waals surface area contributed by atoms with E-state index in [1.807, 2.05) is 25.1 Å². The molecule has 0 atom stereocenters. The highest BCUT2D eigenvalue weighted by molar-refractivity contribution is 9.10. The minimum absolute atomic E-state index is 0.0527. The Balaban J connectivity index is 2.22. The molecule has 2 aromatic rings. The average Bonchev–Trinajstić information content (AvgIpc) is 2.46. The number of nitro groups is 1. The van der Waals surface area contributed by atoms with Gasteiger partial charge < -0.3 is 4.74 Å². The van der Waals surface area contributed by atoms with Crippen LogP contribution in [0.25, 0.3) is 0 Å². The Morgan fingerprint density at radius 3 is 2.62 bits per heavy atom. The molecule has 110 valence electrons. The van der Waals surface area contributed by atoms with Crippen LogP contribution >= 0.6 is 31.9 Å². The van der Waals surface area contributed by atoms with E-state index in [0.717, 1.165) is 16.9 Å². The lowest BCUT2D eigenvalue weighted by Gasteiger charge is -2.11. The fourth-order valence-corrected chi connectivity index (χ4v) is 2.73. The minimum Gasteiger partial charge on any atom is -0.488 e. The number of hydrogen-bond donors (Lipinski definition) is 0. The van der Waals surface area contributed by atoms with Crippen molar-refractivity contribution in [1.82, 2.24) is 0 Å². The fraction of sp³-hybridized carbons (Fsp3) is 0.200. The molecule has 0 radical (unpaired) electrons. The Labute approximate surface area is 139 Å². The molecule has 0 unspecified atom stereocenters. The molecule has 0 heterocycles. The van der Waals surface area contributed by atoms with Gasteiger partial charge in [-0.05, 0) is 25.1 Å². The molecular formula is C15H13Br2NO3. The largest absolute Gasteiger partial charge is 0.488 e. The molecule has 0 aliphatic carbocycles. The normalized spacial score (nSPS) is 10.4. The second kappa shape index (κ2) is 7.04. The highest BCUT2D eigenvalue weighted by Crippen LogP contribution is 2.27. The van der Waals surface area contributed by atoms with Gasteiger partial charge >= 0.3 is 0 Å². The summed E-state index contributed by atoms with van der Waals surface area (Å²) in [6, 6.07) is 10.8. The Morgan fingerprint density at radius 2 is 1.95 bits per heavy atom. The van der Waals surface area contributed by atoms with Crippen molar-refractivity contribution in [2.75, 3.05) is 0 Å². The molecule has 6 heteroatoms. The maximum atomic E-state index is 11.1. The van der Waals surface area contributed by atoms with Crippen LogP contribution in [0.1, 0.15) is 16.7 Å². The van der Waals surface area contributed by atoms with Crippen molar-refractivity contribution in [3.8, 4) is 5.75 Å². The second-order valence-electron chi connectivity index (χ2n) is 4.56. The first kappa shape index (κ1) is 16.0. The number of benzene rings is 2. The summed E-state index contributed by atoms with van der Waals surface area (Å²) in [5, 5.41) is 11.7. The van der Waals surface area contributed by atoms with Crippen LogP contribution in [0.4, 0.5) is 5.69 Å². The SMILES string of the molecule is Cc1ccc(OCc2ccc(Br)cc2[N+](=O)[O-])c(CBr)c1. The van der Waals surface area contributed by atoms with Crippen molar-refractivity contribution in [2.45, 2.75) is 18.9 Å². The van der Waals surface area contributed by atoms with Gasteiger partial charge in [0, 0.05) is 21.4 Å². The predicted molar refractivity (Wildman–Crippen MR) is 88.9 cm³/mol. The van der Waals surface area contributed by atoms with Gasteiger partial charge in [-0.25, -0.2) is 0 Å². The molecule has 0 saturated carbocycles. The minimum atomic E-state index is -0.399. The Bertz CT molecular complexity index is 674. The van der Waals surface area contributed by atoms with E-state index >= 15 is 0 Å². The van der Waals surface area contributed by atoms with Gasteiger partial charge in [-0.3, -0.25) is 10.1 Å². The molecule has 0 fully saturated rings. The lowest BCUT2D eigenvalue weighted by Crippen LogP contribution is -2.02. The third-order valence-corrected chi connectivity index (χ3v) is 4.08. The van der Waals surface area contributed by atoms with Gasteiger partial charge in [0.15, 0.2) is 0 Å². The summed E-state index contributed by atoms with van der Waals surface area (Å²) in [5.74, 6) is 0.731. The molecule has 0 aromatic heterocycles. The van der Waals surface area contributed by atoms with Crippen LogP contribution < -0.4 is 4.74 Å². The molecule has 0 bridgehead atoms. The van der Waals surface area contributed by atoms with E-state index in [9.17, 15) is 10.1 Å². The van der Waals surface area contributed by atoms with Gasteiger partial charge in [0.1, 0.15) is 12.4 Å². The molecule has 0 aliphatic rings. The molecule has 0 N–H and O–H groups in total. The van der Waals surface area contributed by atoms with Crippen molar-refractivity contribution in [3.63, 3.8) is 0 Å². The fourth-order valence-electron chi connectivity index (χ4n) is 1.94. The van der Waals surface area contributed by atoms with E-state index in [1.165, 1.54) is 6.07 Å². The van der Waals surface area contributed by atoms with Crippen LogP contribution in [0.15, 0.2) is 40.9 Å². The zero-order chi connectivity index (χ0) is 15.4. The van der Waals surface area contributed by atoms with Crippen molar-refractivity contribution < 1.29 is 9.66 Å². The first-order valence-corrected chi connectivity index (χ1v) is 8.14. The summed E-state index contributed by atoms with van der Waals surface area (Å²) in [5.41, 5.74) is 2.77. The quantitative estimate of drug-likeness (QED) is 0.386. The Kier molecular flexibility index (Phi) is 5.36. The van der Waals surface area contributed by atoms with Gasteiger partial charge in [-0.1, -0.05) is 49.6 Å². The van der Waals surface area contributed by atoms with E-state index in [-0.39, 0.29) is 12.3 Å². The van der Waals surface area contributed by atoms with Crippen LogP contribution in [0.3, 0.4) is 0 Å². The van der Waals surface area contributed by atoms with Crippen molar-refractivity contribution in [1.29, 1.82) is 0 Å². The number of alkyl halides is 1. The molecule has 4 nitrogen and oxygen atoms in total. The third kappa shape index (κ3) is 4.04. The van der Waals surface area contributed by atoms with Crippen LogP contribution in [-0.4, -0.2) is 4.92 Å². The average molecular weight is 415 g/mol.